The van der Waals surface area contributed by atoms with Gasteiger partial charge in [-0.25, -0.2) is 13.1 Å². The van der Waals surface area contributed by atoms with Crippen molar-refractivity contribution in [2.75, 3.05) is 20.6 Å². The van der Waals surface area contributed by atoms with Crippen LogP contribution in [-0.2, 0) is 17.1 Å². The molecule has 0 aliphatic carbocycles. The number of para-hydroxylation sites is 1. The van der Waals surface area contributed by atoms with E-state index in [9.17, 15) is 21.6 Å². The van der Waals surface area contributed by atoms with Crippen LogP contribution < -0.4 is 9.46 Å². The number of alkyl halides is 3. The van der Waals surface area contributed by atoms with Crippen molar-refractivity contribution >= 4 is 20.9 Å². The Morgan fingerprint density at radius 2 is 1.73 bits per heavy atom. The minimum Gasteiger partial charge on any atom is -0.406 e. The molecule has 0 aliphatic rings. The number of likely N-dealkylation sites (N-methyl/N-ethyl adjacent to an activating group) is 1. The van der Waals surface area contributed by atoms with E-state index >= 15 is 0 Å². The molecule has 3 aromatic rings. The molecule has 0 spiro atoms. The van der Waals surface area contributed by atoms with E-state index < -0.39 is 22.1 Å². The maximum Gasteiger partial charge on any atom is 0.573 e. The van der Waals surface area contributed by atoms with Crippen LogP contribution in [0.5, 0.6) is 5.75 Å². The molecule has 0 aliphatic heterocycles. The predicted molar refractivity (Wildman–Crippen MR) is 108 cm³/mol. The van der Waals surface area contributed by atoms with Gasteiger partial charge in [-0.15, -0.1) is 13.2 Å². The molecule has 0 radical (unpaired) electrons. The van der Waals surface area contributed by atoms with Gasteiger partial charge < -0.3 is 14.2 Å². The number of aromatic nitrogens is 1. The number of halogens is 3. The summed E-state index contributed by atoms with van der Waals surface area (Å²) in [4.78, 5) is 1.76. The normalized spacial score (nSPS) is 13.7. The second-order valence-corrected chi connectivity index (χ2v) is 8.83. The number of aryl methyl sites for hydroxylation is 1. The van der Waals surface area contributed by atoms with Crippen LogP contribution in [0.4, 0.5) is 13.2 Å². The molecule has 0 bridgehead atoms. The molecule has 0 fully saturated rings. The Hall–Kier alpha value is -2.56. The molecule has 0 saturated carbocycles. The fourth-order valence-electron chi connectivity index (χ4n) is 3.30. The molecule has 1 aromatic heterocycles. The van der Waals surface area contributed by atoms with Gasteiger partial charge >= 0.3 is 6.36 Å². The Kier molecular flexibility index (Phi) is 6.11. The first-order valence-corrected chi connectivity index (χ1v) is 10.5. The highest BCUT2D eigenvalue weighted by Crippen LogP contribution is 2.29. The zero-order chi connectivity index (χ0) is 22.1. The van der Waals surface area contributed by atoms with Gasteiger partial charge in [0, 0.05) is 36.7 Å². The highest BCUT2D eigenvalue weighted by atomic mass is 32.2. The maximum atomic E-state index is 12.7. The largest absolute Gasteiger partial charge is 0.573 e. The van der Waals surface area contributed by atoms with Crippen LogP contribution in [0, 0.1) is 0 Å². The molecule has 0 saturated heterocycles. The molecular formula is C20H22F3N3O3S. The Balaban J connectivity index is 1.80. The van der Waals surface area contributed by atoms with Crippen molar-refractivity contribution in [3.05, 3.63) is 60.3 Å². The van der Waals surface area contributed by atoms with Crippen LogP contribution >= 0.6 is 0 Å². The van der Waals surface area contributed by atoms with Gasteiger partial charge in [0.05, 0.1) is 4.90 Å². The summed E-state index contributed by atoms with van der Waals surface area (Å²) in [5.74, 6) is -0.483. The van der Waals surface area contributed by atoms with Crippen LogP contribution in [0.15, 0.2) is 59.6 Å². The molecule has 0 amide bonds. The van der Waals surface area contributed by atoms with Gasteiger partial charge in [-0.2, -0.15) is 0 Å². The van der Waals surface area contributed by atoms with Crippen molar-refractivity contribution < 1.29 is 26.3 Å². The maximum absolute atomic E-state index is 12.7. The van der Waals surface area contributed by atoms with Gasteiger partial charge in [0.2, 0.25) is 10.0 Å². The van der Waals surface area contributed by atoms with Crippen LogP contribution in [0.3, 0.4) is 0 Å². The Bertz CT molecular complexity index is 1120. The summed E-state index contributed by atoms with van der Waals surface area (Å²) in [6, 6.07) is 11.7. The van der Waals surface area contributed by atoms with Crippen molar-refractivity contribution in [3.63, 3.8) is 0 Å². The second-order valence-electron chi connectivity index (χ2n) is 7.06. The summed E-state index contributed by atoms with van der Waals surface area (Å²) in [5, 5.41) is 1.02. The van der Waals surface area contributed by atoms with Gasteiger partial charge in [-0.1, -0.05) is 18.2 Å². The average molecular weight is 441 g/mol. The number of nitrogens with one attached hydrogen (secondary N) is 1. The van der Waals surface area contributed by atoms with Crippen molar-refractivity contribution in [2.45, 2.75) is 17.3 Å². The van der Waals surface area contributed by atoms with E-state index in [0.717, 1.165) is 40.7 Å². The molecule has 1 N–H and O–H groups in total. The summed E-state index contributed by atoms with van der Waals surface area (Å²) < 4.78 is 70.5. The summed E-state index contributed by atoms with van der Waals surface area (Å²) in [6.07, 6.45) is -2.87. The van der Waals surface area contributed by atoms with E-state index in [-0.39, 0.29) is 17.5 Å². The van der Waals surface area contributed by atoms with Crippen LogP contribution in [-0.4, -0.2) is 44.9 Å². The van der Waals surface area contributed by atoms with Crippen LogP contribution in [0.25, 0.3) is 10.9 Å². The molecule has 3 rings (SSSR count). The SMILES string of the molecule is CN(C)[C@@H](CNS(=O)(=O)c1ccc(OC(F)(F)F)cc1)c1cn(C)c2ccccc12. The van der Waals surface area contributed by atoms with Crippen LogP contribution in [0.2, 0.25) is 0 Å². The monoisotopic (exact) mass is 441 g/mol. The molecule has 6 nitrogen and oxygen atoms in total. The minimum absolute atomic E-state index is 0.0874. The minimum atomic E-state index is -4.84. The number of nitrogens with zero attached hydrogens (tertiary/aromatic N) is 2. The van der Waals surface area contributed by atoms with Crippen molar-refractivity contribution in [3.8, 4) is 5.75 Å². The third-order valence-corrected chi connectivity index (χ3v) is 6.18. The third-order valence-electron chi connectivity index (χ3n) is 4.74. The quantitative estimate of drug-likeness (QED) is 0.608. The summed E-state index contributed by atoms with van der Waals surface area (Å²) >= 11 is 0. The third kappa shape index (κ3) is 4.94. The first-order valence-electron chi connectivity index (χ1n) is 9.04. The Morgan fingerprint density at radius 1 is 1.10 bits per heavy atom. The Labute approximate surface area is 172 Å². The molecular weight excluding hydrogens is 419 g/mol. The molecule has 10 heteroatoms. The number of sulfonamides is 1. The fourth-order valence-corrected chi connectivity index (χ4v) is 4.34. The molecule has 1 heterocycles. The lowest BCUT2D eigenvalue weighted by Crippen LogP contribution is -2.34. The zero-order valence-electron chi connectivity index (χ0n) is 16.6. The molecule has 162 valence electrons. The molecule has 2 aromatic carbocycles. The summed E-state index contributed by atoms with van der Waals surface area (Å²) in [7, 11) is 1.70. The van der Waals surface area contributed by atoms with Crippen molar-refractivity contribution in [2.24, 2.45) is 7.05 Å². The van der Waals surface area contributed by atoms with Gasteiger partial charge in [0.25, 0.3) is 0 Å². The average Bonchev–Trinajstić information content (AvgIpc) is 2.98. The molecule has 30 heavy (non-hydrogen) atoms. The summed E-state index contributed by atoms with van der Waals surface area (Å²) in [6.45, 7) is 0.0874. The number of hydrogen-bond acceptors (Lipinski definition) is 4. The number of rotatable bonds is 7. The Morgan fingerprint density at radius 3 is 2.33 bits per heavy atom. The number of ether oxygens (including phenoxy) is 1. The van der Waals surface area contributed by atoms with E-state index in [0.29, 0.717) is 0 Å². The molecule has 1 atom stereocenters. The fraction of sp³-hybridized carbons (Fsp3) is 0.300. The van der Waals surface area contributed by atoms with E-state index in [4.69, 9.17) is 0 Å². The highest BCUT2D eigenvalue weighted by Gasteiger charge is 2.31. The smallest absolute Gasteiger partial charge is 0.406 e. The lowest BCUT2D eigenvalue weighted by Gasteiger charge is -2.24. The van der Waals surface area contributed by atoms with Crippen molar-refractivity contribution in [1.82, 2.24) is 14.2 Å². The lowest BCUT2D eigenvalue weighted by atomic mass is 10.1. The van der Waals surface area contributed by atoms with Gasteiger partial charge in [-0.05, 0) is 50.0 Å². The van der Waals surface area contributed by atoms with Gasteiger partial charge in [0.1, 0.15) is 5.75 Å². The lowest BCUT2D eigenvalue weighted by molar-refractivity contribution is -0.274. The number of benzene rings is 2. The van der Waals surface area contributed by atoms with E-state index in [1.807, 2.05) is 61.1 Å². The van der Waals surface area contributed by atoms with E-state index in [2.05, 4.69) is 9.46 Å². The number of fused-ring (bicyclic) bond motifs is 1. The summed E-state index contributed by atoms with van der Waals surface area (Å²) in [5.41, 5.74) is 2.00. The van der Waals surface area contributed by atoms with E-state index in [1.54, 1.807) is 0 Å². The standard InChI is InChI=1S/C20H22F3N3O3S/c1-25(2)19(17-13-26(3)18-7-5-4-6-16(17)18)12-24-30(27,28)15-10-8-14(9-11-15)29-20(21,22)23/h4-11,13,19,24H,12H2,1-3H3/t19-/m0/s1. The van der Waals surface area contributed by atoms with E-state index in [1.165, 1.54) is 0 Å². The van der Waals surface area contributed by atoms with Crippen molar-refractivity contribution in [1.29, 1.82) is 0 Å². The van der Waals surface area contributed by atoms with Gasteiger partial charge in [-0.3, -0.25) is 0 Å². The molecule has 0 unspecified atom stereocenters. The van der Waals surface area contributed by atoms with Crippen LogP contribution in [0.1, 0.15) is 11.6 Å². The topological polar surface area (TPSA) is 63.6 Å². The number of hydrogen-bond donors (Lipinski definition) is 1. The second kappa shape index (κ2) is 8.29. The first-order chi connectivity index (χ1) is 14.0. The first kappa shape index (κ1) is 22.1. The van der Waals surface area contributed by atoms with Gasteiger partial charge in [0.15, 0.2) is 0 Å². The highest BCUT2D eigenvalue weighted by molar-refractivity contribution is 7.89. The predicted octanol–water partition coefficient (Wildman–Crippen LogP) is 3.66. The zero-order valence-corrected chi connectivity index (χ0v) is 17.5.